The van der Waals surface area contributed by atoms with Gasteiger partial charge in [0, 0.05) is 32.1 Å². The second-order valence-electron chi connectivity index (χ2n) is 5.66. The van der Waals surface area contributed by atoms with Gasteiger partial charge in [-0.2, -0.15) is 4.98 Å². The van der Waals surface area contributed by atoms with E-state index in [-0.39, 0.29) is 5.92 Å². The summed E-state index contributed by atoms with van der Waals surface area (Å²) < 4.78 is 5.04. The standard InChI is InChI=1S/C14H19ClN4O2/c1-9-7-10(9)13(20)19-5-3-18(4-6-19)12-11(15)8-16-14(17-12)21-2/h8-10H,3-7H2,1-2H3/t9-,10+/m0/s1. The molecular weight excluding hydrogens is 292 g/mol. The minimum absolute atomic E-state index is 0.249. The molecule has 0 aromatic carbocycles. The molecule has 1 saturated heterocycles. The molecule has 3 rings (SSSR count). The normalized spacial score (nSPS) is 24.9. The molecule has 1 saturated carbocycles. The Kier molecular flexibility index (Phi) is 3.89. The molecule has 0 spiro atoms. The minimum atomic E-state index is 0.249. The molecule has 1 aromatic heterocycles. The predicted molar refractivity (Wildman–Crippen MR) is 79.7 cm³/mol. The maximum absolute atomic E-state index is 12.2. The van der Waals surface area contributed by atoms with Crippen molar-refractivity contribution < 1.29 is 9.53 Å². The van der Waals surface area contributed by atoms with E-state index in [0.717, 1.165) is 19.5 Å². The Morgan fingerprint density at radius 1 is 1.38 bits per heavy atom. The summed E-state index contributed by atoms with van der Waals surface area (Å²) >= 11 is 6.16. The molecule has 0 radical (unpaired) electrons. The third-order valence-corrected chi connectivity index (χ3v) is 4.47. The summed E-state index contributed by atoms with van der Waals surface area (Å²) in [5.74, 6) is 1.78. The number of aromatic nitrogens is 2. The van der Waals surface area contributed by atoms with Crippen LogP contribution in [0.2, 0.25) is 5.02 Å². The smallest absolute Gasteiger partial charge is 0.318 e. The third-order valence-electron chi connectivity index (χ3n) is 4.20. The molecular formula is C14H19ClN4O2. The quantitative estimate of drug-likeness (QED) is 0.845. The highest BCUT2D eigenvalue weighted by molar-refractivity contribution is 6.32. The zero-order chi connectivity index (χ0) is 15.0. The molecule has 0 bridgehead atoms. The molecule has 2 heterocycles. The molecule has 1 aliphatic heterocycles. The zero-order valence-electron chi connectivity index (χ0n) is 12.3. The molecule has 1 amide bonds. The van der Waals surface area contributed by atoms with Crippen LogP contribution in [0.25, 0.3) is 0 Å². The molecule has 114 valence electrons. The van der Waals surface area contributed by atoms with Crippen LogP contribution >= 0.6 is 11.6 Å². The number of nitrogens with zero attached hydrogens (tertiary/aromatic N) is 4. The van der Waals surface area contributed by atoms with E-state index in [4.69, 9.17) is 16.3 Å². The summed E-state index contributed by atoms with van der Waals surface area (Å²) in [5, 5.41) is 0.506. The van der Waals surface area contributed by atoms with E-state index in [1.807, 2.05) is 4.90 Å². The Bertz CT molecular complexity index is 546. The SMILES string of the molecule is COc1ncc(Cl)c(N2CCN(C(=O)[C@@H]3C[C@@H]3C)CC2)n1. The lowest BCUT2D eigenvalue weighted by atomic mass is 10.2. The Hall–Kier alpha value is -1.56. The zero-order valence-corrected chi connectivity index (χ0v) is 13.0. The van der Waals surface area contributed by atoms with Crippen LogP contribution in [0.1, 0.15) is 13.3 Å². The molecule has 7 heteroatoms. The first-order valence-corrected chi connectivity index (χ1v) is 7.58. The van der Waals surface area contributed by atoms with Crippen molar-refractivity contribution in [2.24, 2.45) is 11.8 Å². The summed E-state index contributed by atoms with van der Waals surface area (Å²) in [4.78, 5) is 24.5. The summed E-state index contributed by atoms with van der Waals surface area (Å²) in [5.41, 5.74) is 0. The minimum Gasteiger partial charge on any atom is -0.467 e. The van der Waals surface area contributed by atoms with Crippen molar-refractivity contribution in [3.05, 3.63) is 11.2 Å². The Morgan fingerprint density at radius 3 is 2.62 bits per heavy atom. The molecule has 21 heavy (non-hydrogen) atoms. The maximum Gasteiger partial charge on any atom is 0.318 e. The van der Waals surface area contributed by atoms with Crippen LogP contribution < -0.4 is 9.64 Å². The number of carbonyl (C=O) groups is 1. The predicted octanol–water partition coefficient (Wildman–Crippen LogP) is 1.44. The fourth-order valence-corrected chi connectivity index (χ4v) is 2.91. The average Bonchev–Trinajstić information content (AvgIpc) is 3.24. The van der Waals surface area contributed by atoms with E-state index in [9.17, 15) is 4.79 Å². The number of carbonyl (C=O) groups excluding carboxylic acids is 1. The number of methoxy groups -OCH3 is 1. The topological polar surface area (TPSA) is 58.6 Å². The highest BCUT2D eigenvalue weighted by atomic mass is 35.5. The number of amides is 1. The molecule has 0 N–H and O–H groups in total. The monoisotopic (exact) mass is 310 g/mol. The second-order valence-corrected chi connectivity index (χ2v) is 6.07. The van der Waals surface area contributed by atoms with Crippen LogP contribution in [0.4, 0.5) is 5.82 Å². The van der Waals surface area contributed by atoms with Gasteiger partial charge in [0.05, 0.1) is 13.3 Å². The first-order chi connectivity index (χ1) is 10.1. The van der Waals surface area contributed by atoms with Crippen molar-refractivity contribution in [1.29, 1.82) is 0 Å². The lowest BCUT2D eigenvalue weighted by Gasteiger charge is -2.35. The molecule has 1 aliphatic carbocycles. The van der Waals surface area contributed by atoms with Crippen LogP contribution in [-0.2, 0) is 4.79 Å². The van der Waals surface area contributed by atoms with Gasteiger partial charge in [-0.25, -0.2) is 4.98 Å². The van der Waals surface area contributed by atoms with Crippen molar-refractivity contribution in [3.63, 3.8) is 0 Å². The first kappa shape index (κ1) is 14.4. The highest BCUT2D eigenvalue weighted by Crippen LogP contribution is 2.39. The van der Waals surface area contributed by atoms with E-state index in [1.165, 1.54) is 7.11 Å². The molecule has 2 atom stereocenters. The molecule has 6 nitrogen and oxygen atoms in total. The van der Waals surface area contributed by atoms with Crippen LogP contribution in [0.3, 0.4) is 0 Å². The molecule has 2 fully saturated rings. The molecule has 0 unspecified atom stereocenters. The fourth-order valence-electron chi connectivity index (χ4n) is 2.70. The van der Waals surface area contributed by atoms with Crippen LogP contribution in [0, 0.1) is 11.8 Å². The van der Waals surface area contributed by atoms with E-state index >= 15 is 0 Å². The van der Waals surface area contributed by atoms with E-state index in [0.29, 0.717) is 41.8 Å². The Balaban J connectivity index is 1.64. The summed E-state index contributed by atoms with van der Waals surface area (Å²) in [6.07, 6.45) is 2.58. The van der Waals surface area contributed by atoms with Gasteiger partial charge in [0.1, 0.15) is 5.02 Å². The maximum atomic E-state index is 12.2. The van der Waals surface area contributed by atoms with Crippen molar-refractivity contribution in [2.45, 2.75) is 13.3 Å². The summed E-state index contributed by atoms with van der Waals surface area (Å²) in [6.45, 7) is 5.01. The van der Waals surface area contributed by atoms with E-state index < -0.39 is 0 Å². The van der Waals surface area contributed by atoms with Gasteiger partial charge in [0.2, 0.25) is 5.91 Å². The van der Waals surface area contributed by atoms with Crippen molar-refractivity contribution in [1.82, 2.24) is 14.9 Å². The van der Waals surface area contributed by atoms with Crippen molar-refractivity contribution >= 4 is 23.3 Å². The van der Waals surface area contributed by atoms with Gasteiger partial charge in [-0.3, -0.25) is 4.79 Å². The van der Waals surface area contributed by atoms with Gasteiger partial charge < -0.3 is 14.5 Å². The van der Waals surface area contributed by atoms with E-state index in [2.05, 4.69) is 21.8 Å². The van der Waals surface area contributed by atoms with Gasteiger partial charge in [-0.05, 0) is 12.3 Å². The number of halogens is 1. The lowest BCUT2D eigenvalue weighted by molar-refractivity contribution is -0.133. The second kappa shape index (κ2) is 5.67. The van der Waals surface area contributed by atoms with Crippen LogP contribution in [-0.4, -0.2) is 54.1 Å². The van der Waals surface area contributed by atoms with Crippen molar-refractivity contribution in [2.75, 3.05) is 38.2 Å². The average molecular weight is 311 g/mol. The number of hydrogen-bond donors (Lipinski definition) is 0. The van der Waals surface area contributed by atoms with Crippen LogP contribution in [0.15, 0.2) is 6.20 Å². The third kappa shape index (κ3) is 2.90. The Labute approximate surface area is 129 Å². The van der Waals surface area contributed by atoms with Crippen LogP contribution in [0.5, 0.6) is 6.01 Å². The molecule has 1 aromatic rings. The van der Waals surface area contributed by atoms with Gasteiger partial charge >= 0.3 is 6.01 Å². The number of ether oxygens (including phenoxy) is 1. The van der Waals surface area contributed by atoms with Gasteiger partial charge in [0.15, 0.2) is 5.82 Å². The summed E-state index contributed by atoms with van der Waals surface area (Å²) in [6, 6.07) is 0.305. The lowest BCUT2D eigenvalue weighted by Crippen LogP contribution is -2.49. The molecule has 2 aliphatic rings. The Morgan fingerprint density at radius 2 is 2.05 bits per heavy atom. The van der Waals surface area contributed by atoms with Gasteiger partial charge in [-0.1, -0.05) is 18.5 Å². The summed E-state index contributed by atoms with van der Waals surface area (Å²) in [7, 11) is 1.53. The number of rotatable bonds is 3. The van der Waals surface area contributed by atoms with Gasteiger partial charge in [0.25, 0.3) is 0 Å². The number of piperazine rings is 1. The fraction of sp³-hybridized carbons (Fsp3) is 0.643. The number of hydrogen-bond acceptors (Lipinski definition) is 5. The number of anilines is 1. The highest BCUT2D eigenvalue weighted by Gasteiger charge is 2.42. The largest absolute Gasteiger partial charge is 0.467 e. The van der Waals surface area contributed by atoms with Crippen molar-refractivity contribution in [3.8, 4) is 6.01 Å². The van der Waals surface area contributed by atoms with E-state index in [1.54, 1.807) is 6.20 Å². The first-order valence-electron chi connectivity index (χ1n) is 7.20. The van der Waals surface area contributed by atoms with Gasteiger partial charge in [-0.15, -0.1) is 0 Å².